The van der Waals surface area contributed by atoms with Gasteiger partial charge >= 0.3 is 6.18 Å². The van der Waals surface area contributed by atoms with Gasteiger partial charge in [0.2, 0.25) is 11.8 Å². The zero-order valence-corrected chi connectivity index (χ0v) is 24.7. The Morgan fingerprint density at radius 3 is 2.39 bits per heavy atom. The molecule has 2 unspecified atom stereocenters. The lowest BCUT2D eigenvalue weighted by atomic mass is 10.0. The SMILES string of the molecule is C[N+](CCN)(CCCC(N)C(=O)N[C@@H](Cc1ccc(C(F)(F)F)cc1)C(=O)Nc1cnc2ccccc2c1)CCN=C(N)N. The van der Waals surface area contributed by atoms with Crippen molar-refractivity contribution in [1.29, 1.82) is 0 Å². The number of rotatable bonds is 15. The van der Waals surface area contributed by atoms with E-state index in [-0.39, 0.29) is 12.4 Å². The summed E-state index contributed by atoms with van der Waals surface area (Å²) in [5.41, 5.74) is 23.6. The van der Waals surface area contributed by atoms with Crippen molar-refractivity contribution in [2.24, 2.45) is 27.9 Å². The van der Waals surface area contributed by atoms with Gasteiger partial charge in [0.15, 0.2) is 5.96 Å². The van der Waals surface area contributed by atoms with E-state index in [0.29, 0.717) is 61.3 Å². The number of guanidine groups is 1. The van der Waals surface area contributed by atoms with Crippen LogP contribution in [-0.4, -0.2) is 79.1 Å². The van der Waals surface area contributed by atoms with E-state index in [0.717, 1.165) is 23.0 Å². The molecule has 0 fully saturated rings. The number of aromatic nitrogens is 1. The number of para-hydroxylation sites is 1. The quantitative estimate of drug-likeness (QED) is 0.0852. The minimum Gasteiger partial charge on any atom is -0.370 e. The summed E-state index contributed by atoms with van der Waals surface area (Å²) in [6.45, 7) is 2.88. The number of aliphatic imine (C=N–C) groups is 1. The maximum Gasteiger partial charge on any atom is 0.416 e. The number of nitrogens with one attached hydrogen (secondary N) is 2. The van der Waals surface area contributed by atoms with E-state index in [1.807, 2.05) is 31.3 Å². The normalized spacial score (nSPS) is 14.3. The Morgan fingerprint density at radius 1 is 1.02 bits per heavy atom. The summed E-state index contributed by atoms with van der Waals surface area (Å²) < 4.78 is 39.8. The Balaban J connectivity index is 1.70. The van der Waals surface area contributed by atoms with Crippen LogP contribution in [0.1, 0.15) is 24.0 Å². The van der Waals surface area contributed by atoms with Crippen molar-refractivity contribution >= 4 is 34.4 Å². The fourth-order valence-corrected chi connectivity index (χ4v) is 4.81. The van der Waals surface area contributed by atoms with Crippen LogP contribution in [-0.2, 0) is 22.2 Å². The first kappa shape index (κ1) is 34.2. The number of alkyl halides is 3. The number of halogens is 3. The number of nitrogens with zero attached hydrogens (tertiary/aromatic N) is 3. The molecule has 0 aliphatic carbocycles. The van der Waals surface area contributed by atoms with Gasteiger partial charge in [-0.1, -0.05) is 30.3 Å². The second-order valence-electron chi connectivity index (χ2n) is 11.0. The number of carbonyl (C=O) groups excluding carboxylic acids is 2. The van der Waals surface area contributed by atoms with Crippen LogP contribution < -0.4 is 33.6 Å². The number of benzene rings is 2. The van der Waals surface area contributed by atoms with Crippen molar-refractivity contribution in [3.05, 3.63) is 71.9 Å². The summed E-state index contributed by atoms with van der Waals surface area (Å²) in [6.07, 6.45) is -2.14. The van der Waals surface area contributed by atoms with Gasteiger partial charge in [0, 0.05) is 18.4 Å². The first-order chi connectivity index (χ1) is 20.8. The predicted molar refractivity (Wildman–Crippen MR) is 165 cm³/mol. The molecule has 0 aliphatic rings. The lowest BCUT2D eigenvalue weighted by Crippen LogP contribution is -2.52. The molecule has 2 amide bonds. The third-order valence-electron chi connectivity index (χ3n) is 7.37. The Hall–Kier alpha value is -4.27. The number of hydrogen-bond donors (Lipinski definition) is 6. The van der Waals surface area contributed by atoms with Crippen molar-refractivity contribution in [1.82, 2.24) is 10.3 Å². The number of likely N-dealkylation sites (N-methyl/N-ethyl adjacent to an activating group) is 1. The molecule has 1 aromatic heterocycles. The molecule has 238 valence electrons. The van der Waals surface area contributed by atoms with Crippen LogP contribution in [0.15, 0.2) is 65.8 Å². The average molecular weight is 617 g/mol. The highest BCUT2D eigenvalue weighted by Gasteiger charge is 2.31. The first-order valence-electron chi connectivity index (χ1n) is 14.3. The van der Waals surface area contributed by atoms with Crippen LogP contribution in [0.3, 0.4) is 0 Å². The molecule has 10 N–H and O–H groups in total. The van der Waals surface area contributed by atoms with Gasteiger partial charge < -0.3 is 38.1 Å². The van der Waals surface area contributed by atoms with Crippen LogP contribution in [0.4, 0.5) is 18.9 Å². The number of fused-ring (bicyclic) bond motifs is 1. The third kappa shape index (κ3) is 10.5. The predicted octanol–water partition coefficient (Wildman–Crippen LogP) is 1.71. The average Bonchev–Trinajstić information content (AvgIpc) is 2.96. The van der Waals surface area contributed by atoms with E-state index in [1.165, 1.54) is 18.3 Å². The molecular weight excluding hydrogens is 575 g/mol. The van der Waals surface area contributed by atoms with Crippen molar-refractivity contribution < 1.29 is 27.2 Å². The summed E-state index contributed by atoms with van der Waals surface area (Å²) in [6, 6.07) is 11.5. The molecule has 1 heterocycles. The number of quaternary nitrogens is 1. The van der Waals surface area contributed by atoms with Gasteiger partial charge in [-0.2, -0.15) is 13.2 Å². The fourth-order valence-electron chi connectivity index (χ4n) is 4.81. The zero-order valence-electron chi connectivity index (χ0n) is 24.7. The molecule has 3 rings (SSSR count). The van der Waals surface area contributed by atoms with Crippen molar-refractivity contribution in [2.75, 3.05) is 45.1 Å². The highest BCUT2D eigenvalue weighted by atomic mass is 19.4. The van der Waals surface area contributed by atoms with Gasteiger partial charge in [-0.15, -0.1) is 0 Å². The van der Waals surface area contributed by atoms with Gasteiger partial charge in [0.05, 0.1) is 62.2 Å². The minimum absolute atomic E-state index is 0.00903. The second-order valence-corrected chi connectivity index (χ2v) is 11.0. The number of pyridine rings is 1. The van der Waals surface area contributed by atoms with Crippen molar-refractivity contribution in [3.63, 3.8) is 0 Å². The fraction of sp³-hybridized carbons (Fsp3) is 0.400. The molecule has 14 heteroatoms. The third-order valence-corrected chi connectivity index (χ3v) is 7.37. The lowest BCUT2D eigenvalue weighted by Gasteiger charge is -2.34. The topological polar surface area (TPSA) is 188 Å². The number of hydrogen-bond acceptors (Lipinski definition) is 6. The first-order valence-corrected chi connectivity index (χ1v) is 14.3. The Bertz CT molecular complexity index is 1430. The van der Waals surface area contributed by atoms with Crippen molar-refractivity contribution in [2.45, 2.75) is 37.5 Å². The highest BCUT2D eigenvalue weighted by molar-refractivity contribution is 5.99. The van der Waals surface area contributed by atoms with Gasteiger partial charge in [0.25, 0.3) is 0 Å². The van der Waals surface area contributed by atoms with Crippen LogP contribution >= 0.6 is 0 Å². The van der Waals surface area contributed by atoms with Crippen LogP contribution in [0.2, 0.25) is 0 Å². The van der Waals surface area contributed by atoms with E-state index >= 15 is 0 Å². The molecule has 11 nitrogen and oxygen atoms in total. The summed E-state index contributed by atoms with van der Waals surface area (Å²) in [4.78, 5) is 34.9. The van der Waals surface area contributed by atoms with E-state index in [9.17, 15) is 22.8 Å². The Labute approximate surface area is 254 Å². The molecule has 0 spiro atoms. The van der Waals surface area contributed by atoms with Crippen LogP contribution in [0, 0.1) is 0 Å². The summed E-state index contributed by atoms with van der Waals surface area (Å²) >= 11 is 0. The second kappa shape index (κ2) is 15.5. The molecule has 0 saturated carbocycles. The summed E-state index contributed by atoms with van der Waals surface area (Å²) in [7, 11) is 2.02. The molecule has 3 aromatic rings. The number of nitrogens with two attached hydrogens (primary N) is 4. The monoisotopic (exact) mass is 616 g/mol. The molecule has 2 aromatic carbocycles. The summed E-state index contributed by atoms with van der Waals surface area (Å²) in [5.74, 6) is -1.11. The minimum atomic E-state index is -4.50. The maximum absolute atomic E-state index is 13.4. The van der Waals surface area contributed by atoms with Crippen LogP contribution in [0.5, 0.6) is 0 Å². The molecule has 0 saturated heterocycles. The van der Waals surface area contributed by atoms with Crippen LogP contribution in [0.25, 0.3) is 10.9 Å². The van der Waals surface area contributed by atoms with E-state index in [4.69, 9.17) is 22.9 Å². The standard InChI is InChI=1S/C30H40F3N9O2/c1-42(15-12-34,16-13-38-29(36)37)14-4-6-24(35)27(43)41-26(17-20-8-10-22(11-9-20)30(31,32)33)28(44)40-23-18-21-5-2-3-7-25(21)39-19-23/h2-3,5,7-11,18-19,24,26H,4,6,12-17,34-35H2,1H3,(H5-,36,37,38,40,41,43,44)/p+1/t24?,26-,42?/m0/s1. The highest BCUT2D eigenvalue weighted by Crippen LogP contribution is 2.29. The lowest BCUT2D eigenvalue weighted by molar-refractivity contribution is -0.907. The largest absolute Gasteiger partial charge is 0.416 e. The van der Waals surface area contributed by atoms with Crippen molar-refractivity contribution in [3.8, 4) is 0 Å². The molecule has 3 atom stereocenters. The van der Waals surface area contributed by atoms with E-state index in [2.05, 4.69) is 20.6 Å². The zero-order chi connectivity index (χ0) is 32.3. The Morgan fingerprint density at radius 2 is 1.73 bits per heavy atom. The number of anilines is 1. The van der Waals surface area contributed by atoms with Gasteiger partial charge in [-0.3, -0.25) is 14.6 Å². The van der Waals surface area contributed by atoms with Gasteiger partial charge in [0.1, 0.15) is 6.04 Å². The van der Waals surface area contributed by atoms with Gasteiger partial charge in [-0.25, -0.2) is 4.99 Å². The summed E-state index contributed by atoms with van der Waals surface area (Å²) in [5, 5.41) is 6.26. The number of carbonyl (C=O) groups is 2. The molecule has 0 aliphatic heterocycles. The molecule has 44 heavy (non-hydrogen) atoms. The molecule has 0 bridgehead atoms. The maximum atomic E-state index is 13.4. The van der Waals surface area contributed by atoms with E-state index < -0.39 is 35.6 Å². The van der Waals surface area contributed by atoms with E-state index in [1.54, 1.807) is 6.07 Å². The molecular formula is C30H41F3N9O2+. The van der Waals surface area contributed by atoms with Gasteiger partial charge in [-0.05, 0) is 42.7 Å². The molecule has 0 radical (unpaired) electrons. The Kier molecular flexibility index (Phi) is 12.0. The number of amides is 2. The smallest absolute Gasteiger partial charge is 0.370 e.